The lowest BCUT2D eigenvalue weighted by molar-refractivity contribution is -0.140. The zero-order chi connectivity index (χ0) is 16.8. The number of aromatic nitrogens is 1. The molecule has 0 unspecified atom stereocenters. The van der Waals surface area contributed by atoms with Gasteiger partial charge in [0.15, 0.2) is 0 Å². The summed E-state index contributed by atoms with van der Waals surface area (Å²) in [7, 11) is 3.62. The normalized spacial score (nSPS) is 13.9. The Bertz CT molecular complexity index is 537. The minimum absolute atomic E-state index is 0.0290. The van der Waals surface area contributed by atoms with E-state index in [2.05, 4.69) is 0 Å². The van der Waals surface area contributed by atoms with Gasteiger partial charge in [0.2, 0.25) is 11.8 Å². The number of carbonyl (C=O) groups is 2. The number of methoxy groups -OCH3 is 1. The second kappa shape index (κ2) is 8.15. The molecule has 0 bridgehead atoms. The molecule has 2 rings (SSSR count). The highest BCUT2D eigenvalue weighted by molar-refractivity contribution is 5.84. The van der Waals surface area contributed by atoms with Crippen molar-refractivity contribution in [3.8, 4) is 0 Å². The van der Waals surface area contributed by atoms with Crippen molar-refractivity contribution in [3.63, 3.8) is 0 Å². The highest BCUT2D eigenvalue weighted by atomic mass is 16.5. The number of aryl methyl sites for hydroxylation is 1. The van der Waals surface area contributed by atoms with Gasteiger partial charge in [0.1, 0.15) is 0 Å². The van der Waals surface area contributed by atoms with Crippen molar-refractivity contribution in [1.29, 1.82) is 0 Å². The SMILES string of the molecule is COCCCN(CC(=O)N(Cc1cccn1C)C1CC1)C(C)=O. The van der Waals surface area contributed by atoms with Crippen molar-refractivity contribution in [2.24, 2.45) is 7.05 Å². The molecule has 0 atom stereocenters. The van der Waals surface area contributed by atoms with Crippen LogP contribution in [0.15, 0.2) is 18.3 Å². The molecule has 6 heteroatoms. The van der Waals surface area contributed by atoms with Gasteiger partial charge >= 0.3 is 0 Å². The molecule has 1 aromatic heterocycles. The molecule has 1 aromatic rings. The number of rotatable bonds is 9. The Hall–Kier alpha value is -1.82. The molecular formula is C17H27N3O3. The Labute approximate surface area is 138 Å². The molecular weight excluding hydrogens is 294 g/mol. The highest BCUT2D eigenvalue weighted by Gasteiger charge is 2.33. The molecule has 1 aliphatic rings. The molecule has 0 aromatic carbocycles. The lowest BCUT2D eigenvalue weighted by Crippen LogP contribution is -2.43. The van der Waals surface area contributed by atoms with Gasteiger partial charge in [-0.05, 0) is 31.4 Å². The fourth-order valence-electron chi connectivity index (χ4n) is 2.64. The minimum Gasteiger partial charge on any atom is -0.385 e. The van der Waals surface area contributed by atoms with Crippen LogP contribution < -0.4 is 0 Å². The van der Waals surface area contributed by atoms with Gasteiger partial charge in [-0.2, -0.15) is 0 Å². The number of amides is 2. The molecule has 0 saturated heterocycles. The monoisotopic (exact) mass is 321 g/mol. The van der Waals surface area contributed by atoms with Crippen LogP contribution in [0.3, 0.4) is 0 Å². The molecule has 128 valence electrons. The first kappa shape index (κ1) is 17.5. The maximum absolute atomic E-state index is 12.7. The van der Waals surface area contributed by atoms with Crippen molar-refractivity contribution in [1.82, 2.24) is 14.4 Å². The molecule has 0 aliphatic heterocycles. The molecule has 1 saturated carbocycles. The number of hydrogen-bond acceptors (Lipinski definition) is 3. The Kier molecular flexibility index (Phi) is 6.21. The summed E-state index contributed by atoms with van der Waals surface area (Å²) >= 11 is 0. The summed E-state index contributed by atoms with van der Waals surface area (Å²) in [6.45, 7) is 3.42. The Morgan fingerprint density at radius 2 is 2.13 bits per heavy atom. The molecule has 6 nitrogen and oxygen atoms in total. The Morgan fingerprint density at radius 1 is 1.39 bits per heavy atom. The lowest BCUT2D eigenvalue weighted by Gasteiger charge is -2.27. The molecule has 2 amide bonds. The Balaban J connectivity index is 1.96. The smallest absolute Gasteiger partial charge is 0.242 e. The molecule has 0 N–H and O–H groups in total. The third-order valence-electron chi connectivity index (χ3n) is 4.24. The Morgan fingerprint density at radius 3 is 2.65 bits per heavy atom. The number of carbonyl (C=O) groups excluding carboxylic acids is 2. The van der Waals surface area contributed by atoms with Gasteiger partial charge in [0, 0.05) is 52.2 Å². The summed E-state index contributed by atoms with van der Waals surface area (Å²) in [5.74, 6) is -0.0367. The van der Waals surface area contributed by atoms with E-state index in [9.17, 15) is 9.59 Å². The minimum atomic E-state index is -0.0657. The summed E-state index contributed by atoms with van der Waals surface area (Å²) in [5, 5.41) is 0. The second-order valence-corrected chi connectivity index (χ2v) is 6.15. The summed E-state index contributed by atoms with van der Waals surface area (Å²) < 4.78 is 7.05. The zero-order valence-corrected chi connectivity index (χ0v) is 14.3. The van der Waals surface area contributed by atoms with E-state index in [-0.39, 0.29) is 18.4 Å². The molecule has 0 radical (unpaired) electrons. The predicted molar refractivity (Wildman–Crippen MR) is 87.7 cm³/mol. The molecule has 23 heavy (non-hydrogen) atoms. The zero-order valence-electron chi connectivity index (χ0n) is 14.3. The van der Waals surface area contributed by atoms with Gasteiger partial charge in [-0.1, -0.05) is 0 Å². The van der Waals surface area contributed by atoms with Gasteiger partial charge in [0.05, 0.1) is 13.1 Å². The summed E-state index contributed by atoms with van der Waals surface area (Å²) in [5.41, 5.74) is 1.11. The number of hydrogen-bond donors (Lipinski definition) is 0. The van der Waals surface area contributed by atoms with Crippen LogP contribution in [0.25, 0.3) is 0 Å². The number of ether oxygens (including phenoxy) is 1. The molecule has 1 fully saturated rings. The van der Waals surface area contributed by atoms with E-state index in [0.717, 1.165) is 25.0 Å². The lowest BCUT2D eigenvalue weighted by atomic mass is 10.3. The van der Waals surface area contributed by atoms with Crippen molar-refractivity contribution in [3.05, 3.63) is 24.0 Å². The third kappa shape index (κ3) is 5.10. The van der Waals surface area contributed by atoms with E-state index in [1.165, 1.54) is 6.92 Å². The van der Waals surface area contributed by atoms with Gasteiger partial charge in [-0.3, -0.25) is 9.59 Å². The average Bonchev–Trinajstić information content (AvgIpc) is 3.27. The van der Waals surface area contributed by atoms with Crippen molar-refractivity contribution in [2.75, 3.05) is 26.8 Å². The van der Waals surface area contributed by atoms with Crippen LogP contribution in [0.2, 0.25) is 0 Å². The summed E-state index contributed by atoms with van der Waals surface area (Å²) in [4.78, 5) is 28.0. The standard InChI is InChI=1S/C17H27N3O3/c1-14(21)19(10-5-11-23-3)13-17(22)20(15-7-8-15)12-16-6-4-9-18(16)2/h4,6,9,15H,5,7-8,10-13H2,1-3H3. The largest absolute Gasteiger partial charge is 0.385 e. The van der Waals surface area contributed by atoms with Gasteiger partial charge in [-0.15, -0.1) is 0 Å². The van der Waals surface area contributed by atoms with Crippen LogP contribution in [0.1, 0.15) is 31.9 Å². The van der Waals surface area contributed by atoms with Crippen LogP contribution in [0.5, 0.6) is 0 Å². The summed E-state index contributed by atoms with van der Waals surface area (Å²) in [6, 6.07) is 4.34. The first-order chi connectivity index (χ1) is 11.0. The second-order valence-electron chi connectivity index (χ2n) is 6.15. The first-order valence-electron chi connectivity index (χ1n) is 8.17. The van der Waals surface area contributed by atoms with E-state index < -0.39 is 0 Å². The quantitative estimate of drug-likeness (QED) is 0.646. The van der Waals surface area contributed by atoms with Crippen molar-refractivity contribution in [2.45, 2.75) is 38.8 Å². The average molecular weight is 321 g/mol. The predicted octanol–water partition coefficient (Wildman–Crippen LogP) is 1.40. The van der Waals surface area contributed by atoms with Crippen LogP contribution >= 0.6 is 0 Å². The molecule has 1 aliphatic carbocycles. The third-order valence-corrected chi connectivity index (χ3v) is 4.24. The topological polar surface area (TPSA) is 54.8 Å². The van der Waals surface area contributed by atoms with E-state index in [4.69, 9.17) is 4.74 Å². The summed E-state index contributed by atoms with van der Waals surface area (Å²) in [6.07, 6.45) is 4.84. The van der Waals surface area contributed by atoms with Gasteiger partial charge in [0.25, 0.3) is 0 Å². The highest BCUT2D eigenvalue weighted by Crippen LogP contribution is 2.28. The first-order valence-corrected chi connectivity index (χ1v) is 8.17. The maximum atomic E-state index is 12.7. The fourth-order valence-corrected chi connectivity index (χ4v) is 2.64. The van der Waals surface area contributed by atoms with E-state index in [1.807, 2.05) is 34.8 Å². The van der Waals surface area contributed by atoms with E-state index in [1.54, 1.807) is 12.0 Å². The van der Waals surface area contributed by atoms with Crippen LogP contribution in [-0.2, 0) is 27.9 Å². The van der Waals surface area contributed by atoms with Crippen LogP contribution in [0, 0.1) is 0 Å². The van der Waals surface area contributed by atoms with Crippen LogP contribution in [0.4, 0.5) is 0 Å². The van der Waals surface area contributed by atoms with Crippen molar-refractivity contribution >= 4 is 11.8 Å². The fraction of sp³-hybridized carbons (Fsp3) is 0.647. The van der Waals surface area contributed by atoms with E-state index >= 15 is 0 Å². The molecule has 1 heterocycles. The van der Waals surface area contributed by atoms with Crippen molar-refractivity contribution < 1.29 is 14.3 Å². The van der Waals surface area contributed by atoms with Crippen LogP contribution in [-0.4, -0.2) is 59.0 Å². The molecule has 0 spiro atoms. The van der Waals surface area contributed by atoms with Gasteiger partial charge in [-0.25, -0.2) is 0 Å². The maximum Gasteiger partial charge on any atom is 0.242 e. The van der Waals surface area contributed by atoms with Gasteiger partial charge < -0.3 is 19.1 Å². The van der Waals surface area contributed by atoms with E-state index in [0.29, 0.717) is 25.7 Å². The number of nitrogens with zero attached hydrogens (tertiary/aromatic N) is 3.